The van der Waals surface area contributed by atoms with Gasteiger partial charge >= 0.3 is 5.69 Å². The number of nitrogens with zero attached hydrogens (tertiary/aromatic N) is 4. The van der Waals surface area contributed by atoms with Crippen molar-refractivity contribution in [1.29, 1.82) is 0 Å². The summed E-state index contributed by atoms with van der Waals surface area (Å²) < 4.78 is 1.46. The van der Waals surface area contributed by atoms with Crippen molar-refractivity contribution in [2.45, 2.75) is 26.3 Å². The molecule has 0 amide bonds. The molecule has 0 aliphatic heterocycles. The zero-order valence-electron chi connectivity index (χ0n) is 9.93. The van der Waals surface area contributed by atoms with Crippen molar-refractivity contribution in [3.05, 3.63) is 16.7 Å². The topological polar surface area (TPSA) is 113 Å². The number of nitrogens with two attached hydrogens (primary N) is 2. The predicted molar refractivity (Wildman–Crippen MR) is 65.4 cm³/mol. The lowest BCUT2D eigenvalue weighted by molar-refractivity contribution is 0.389. The highest BCUT2D eigenvalue weighted by molar-refractivity contribution is 5.85. The number of hydrogen-bond donors (Lipinski definition) is 2. The van der Waals surface area contributed by atoms with Crippen LogP contribution in [-0.4, -0.2) is 19.5 Å². The van der Waals surface area contributed by atoms with E-state index in [4.69, 9.17) is 11.5 Å². The molecule has 0 radical (unpaired) electrons. The molecule has 2 rings (SSSR count). The maximum atomic E-state index is 11.8. The van der Waals surface area contributed by atoms with E-state index < -0.39 is 5.54 Å². The van der Waals surface area contributed by atoms with Crippen LogP contribution in [0.1, 0.15) is 20.8 Å². The molecule has 0 unspecified atom stereocenters. The van der Waals surface area contributed by atoms with E-state index in [0.29, 0.717) is 11.0 Å². The number of hydrogen-bond acceptors (Lipinski definition) is 6. The van der Waals surface area contributed by atoms with Crippen molar-refractivity contribution in [2.24, 2.45) is 0 Å². The molecule has 0 aliphatic rings. The third kappa shape index (κ3) is 1.79. The van der Waals surface area contributed by atoms with Crippen molar-refractivity contribution in [3.8, 4) is 0 Å². The summed E-state index contributed by atoms with van der Waals surface area (Å²) in [6.45, 7) is 5.64. The molecule has 4 N–H and O–H groups in total. The van der Waals surface area contributed by atoms with E-state index in [1.54, 1.807) is 0 Å². The molecule has 0 bridgehead atoms. The van der Waals surface area contributed by atoms with Crippen LogP contribution in [-0.2, 0) is 5.54 Å². The Kier molecular flexibility index (Phi) is 2.27. The lowest BCUT2D eigenvalue weighted by atomic mass is 10.1. The Hall–Kier alpha value is -2.18. The standard InChI is InChI=1S/C10H14N6O/c1-10(2,3)16-7-5(4-13-9(16)17)6(11)14-8(12)15-7/h4H,1-3H3,(H4,11,12,14,15). The van der Waals surface area contributed by atoms with Gasteiger partial charge in [-0.1, -0.05) is 0 Å². The number of anilines is 2. The fourth-order valence-corrected chi connectivity index (χ4v) is 1.66. The average Bonchev–Trinajstić information content (AvgIpc) is 2.13. The highest BCUT2D eigenvalue weighted by Gasteiger charge is 2.20. The number of aromatic nitrogens is 4. The molecule has 2 aromatic rings. The summed E-state index contributed by atoms with van der Waals surface area (Å²) in [6.07, 6.45) is 1.37. The first-order valence-corrected chi connectivity index (χ1v) is 5.12. The molecule has 90 valence electrons. The largest absolute Gasteiger partial charge is 0.383 e. The van der Waals surface area contributed by atoms with E-state index in [0.717, 1.165) is 0 Å². The number of rotatable bonds is 0. The summed E-state index contributed by atoms with van der Waals surface area (Å²) in [7, 11) is 0. The maximum Gasteiger partial charge on any atom is 0.349 e. The minimum absolute atomic E-state index is 0.0404. The number of nitrogen functional groups attached to an aromatic ring is 2. The van der Waals surface area contributed by atoms with Crippen LogP contribution >= 0.6 is 0 Å². The molecule has 17 heavy (non-hydrogen) atoms. The average molecular weight is 234 g/mol. The van der Waals surface area contributed by atoms with Crippen molar-refractivity contribution in [3.63, 3.8) is 0 Å². The predicted octanol–water partition coefficient (Wildman–Crippen LogP) is 0.106. The van der Waals surface area contributed by atoms with Crippen molar-refractivity contribution < 1.29 is 0 Å². The van der Waals surface area contributed by atoms with Gasteiger partial charge in [-0.05, 0) is 20.8 Å². The Morgan fingerprint density at radius 2 is 1.88 bits per heavy atom. The van der Waals surface area contributed by atoms with Gasteiger partial charge in [0.05, 0.1) is 5.39 Å². The minimum atomic E-state index is -0.461. The van der Waals surface area contributed by atoms with Gasteiger partial charge in [0.15, 0.2) is 5.65 Å². The molecular weight excluding hydrogens is 220 g/mol. The minimum Gasteiger partial charge on any atom is -0.383 e. The van der Waals surface area contributed by atoms with Crippen LogP contribution < -0.4 is 17.2 Å². The first kappa shape index (κ1) is 11.3. The molecular formula is C10H14N6O. The second-order valence-corrected chi connectivity index (χ2v) is 4.75. The molecule has 2 heterocycles. The monoisotopic (exact) mass is 234 g/mol. The van der Waals surface area contributed by atoms with E-state index in [1.807, 2.05) is 20.8 Å². The summed E-state index contributed by atoms with van der Waals surface area (Å²) in [5.41, 5.74) is 10.8. The van der Waals surface area contributed by atoms with E-state index in [1.165, 1.54) is 10.8 Å². The Labute approximate surface area is 97.5 Å². The van der Waals surface area contributed by atoms with Gasteiger partial charge in [-0.15, -0.1) is 0 Å². The van der Waals surface area contributed by atoms with Gasteiger partial charge in [0.25, 0.3) is 0 Å². The van der Waals surface area contributed by atoms with E-state index in [-0.39, 0.29) is 17.5 Å². The first-order chi connectivity index (χ1) is 7.80. The lowest BCUT2D eigenvalue weighted by Gasteiger charge is -2.23. The molecule has 2 aromatic heterocycles. The zero-order chi connectivity index (χ0) is 12.8. The van der Waals surface area contributed by atoms with Gasteiger partial charge in [0.2, 0.25) is 5.95 Å². The van der Waals surface area contributed by atoms with Crippen LogP contribution in [0.5, 0.6) is 0 Å². The summed E-state index contributed by atoms with van der Waals surface area (Å²) in [4.78, 5) is 23.5. The summed E-state index contributed by atoms with van der Waals surface area (Å²) >= 11 is 0. The number of fused-ring (bicyclic) bond motifs is 1. The second-order valence-electron chi connectivity index (χ2n) is 4.75. The van der Waals surface area contributed by atoms with E-state index in [2.05, 4.69) is 15.0 Å². The van der Waals surface area contributed by atoms with Gasteiger partial charge in [-0.2, -0.15) is 9.97 Å². The second kappa shape index (κ2) is 3.41. The van der Waals surface area contributed by atoms with Crippen molar-refractivity contribution in [1.82, 2.24) is 19.5 Å². The Morgan fingerprint density at radius 1 is 1.24 bits per heavy atom. The molecule has 0 aromatic carbocycles. The zero-order valence-corrected chi connectivity index (χ0v) is 9.93. The molecule has 0 aliphatic carbocycles. The van der Waals surface area contributed by atoms with Crippen LogP contribution in [0, 0.1) is 0 Å². The van der Waals surface area contributed by atoms with Crippen LogP contribution in [0.4, 0.5) is 11.8 Å². The van der Waals surface area contributed by atoms with Crippen LogP contribution in [0.2, 0.25) is 0 Å². The normalized spacial score (nSPS) is 11.9. The third-order valence-electron chi connectivity index (χ3n) is 2.35. The Balaban J connectivity index is 3.00. The third-order valence-corrected chi connectivity index (χ3v) is 2.35. The fraction of sp³-hybridized carbons (Fsp3) is 0.400. The van der Waals surface area contributed by atoms with Gasteiger partial charge in [-0.25, -0.2) is 9.78 Å². The fourth-order valence-electron chi connectivity index (χ4n) is 1.66. The Bertz CT molecular complexity index is 640. The summed E-state index contributed by atoms with van der Waals surface area (Å²) in [6, 6.07) is 0. The Morgan fingerprint density at radius 3 is 2.47 bits per heavy atom. The molecule has 0 atom stereocenters. The van der Waals surface area contributed by atoms with Gasteiger partial charge < -0.3 is 11.5 Å². The highest BCUT2D eigenvalue weighted by atomic mass is 16.1. The van der Waals surface area contributed by atoms with Crippen LogP contribution in [0.3, 0.4) is 0 Å². The highest BCUT2D eigenvalue weighted by Crippen LogP contribution is 2.21. The van der Waals surface area contributed by atoms with Crippen LogP contribution in [0.25, 0.3) is 11.0 Å². The quantitative estimate of drug-likeness (QED) is 0.668. The summed E-state index contributed by atoms with van der Waals surface area (Å²) in [5.74, 6) is 0.261. The molecule has 0 fully saturated rings. The van der Waals surface area contributed by atoms with Crippen molar-refractivity contribution in [2.75, 3.05) is 11.5 Å². The van der Waals surface area contributed by atoms with E-state index >= 15 is 0 Å². The molecule has 7 nitrogen and oxygen atoms in total. The van der Waals surface area contributed by atoms with E-state index in [9.17, 15) is 4.79 Å². The maximum absolute atomic E-state index is 11.8. The molecule has 0 saturated heterocycles. The summed E-state index contributed by atoms with van der Waals surface area (Å²) in [5, 5.41) is 0.522. The molecule has 7 heteroatoms. The SMILES string of the molecule is CC(C)(C)n1c(=O)ncc2c(N)nc(N)nc21. The molecule has 0 spiro atoms. The first-order valence-electron chi connectivity index (χ1n) is 5.12. The van der Waals surface area contributed by atoms with Gasteiger partial charge in [-0.3, -0.25) is 4.57 Å². The van der Waals surface area contributed by atoms with Gasteiger partial charge in [0, 0.05) is 11.7 Å². The van der Waals surface area contributed by atoms with Crippen LogP contribution in [0.15, 0.2) is 11.0 Å². The van der Waals surface area contributed by atoms with Crippen molar-refractivity contribution >= 4 is 22.8 Å². The smallest absolute Gasteiger partial charge is 0.349 e. The van der Waals surface area contributed by atoms with Gasteiger partial charge in [0.1, 0.15) is 5.82 Å². The lowest BCUT2D eigenvalue weighted by Crippen LogP contribution is -2.36. The molecule has 0 saturated carbocycles.